The molecule has 0 bridgehead atoms. The Labute approximate surface area is 181 Å². The van der Waals surface area contributed by atoms with Crippen LogP contribution < -0.4 is 10.9 Å². The predicted octanol–water partition coefficient (Wildman–Crippen LogP) is 2.95. The van der Waals surface area contributed by atoms with Crippen molar-refractivity contribution in [1.29, 1.82) is 0 Å². The van der Waals surface area contributed by atoms with Gasteiger partial charge in [0.25, 0.3) is 11.5 Å². The molecule has 7 nitrogen and oxygen atoms in total. The fourth-order valence-electron chi connectivity index (χ4n) is 3.94. The van der Waals surface area contributed by atoms with E-state index in [1.807, 2.05) is 60.7 Å². The van der Waals surface area contributed by atoms with Crippen molar-refractivity contribution in [2.75, 3.05) is 0 Å². The first-order valence-electron chi connectivity index (χ1n) is 9.76. The summed E-state index contributed by atoms with van der Waals surface area (Å²) < 4.78 is 1.43. The maximum absolute atomic E-state index is 13.7. The minimum Gasteiger partial charge on any atom is -0.319 e. The fraction of sp³-hybridized carbons (Fsp3) is 0.130. The van der Waals surface area contributed by atoms with Gasteiger partial charge in [-0.3, -0.25) is 18.9 Å². The monoisotopic (exact) mass is 430 g/mol. The molecule has 0 saturated carbocycles. The molecule has 2 aromatic heterocycles. The van der Waals surface area contributed by atoms with Crippen LogP contribution in [0.4, 0.5) is 4.79 Å². The predicted molar refractivity (Wildman–Crippen MR) is 117 cm³/mol. The Balaban J connectivity index is 1.53. The van der Waals surface area contributed by atoms with E-state index in [1.54, 1.807) is 11.6 Å². The van der Waals surface area contributed by atoms with Crippen molar-refractivity contribution in [3.8, 4) is 0 Å². The van der Waals surface area contributed by atoms with Gasteiger partial charge in [0.1, 0.15) is 0 Å². The molecule has 1 saturated heterocycles. The number of carbonyl (C=O) groups excluding carboxylic acids is 2. The third-order valence-corrected chi connectivity index (χ3v) is 6.19. The molecule has 5 rings (SSSR count). The molecule has 1 N–H and O–H groups in total. The van der Waals surface area contributed by atoms with Gasteiger partial charge in [0, 0.05) is 24.1 Å². The molecule has 8 heteroatoms. The molecule has 154 valence electrons. The quantitative estimate of drug-likeness (QED) is 0.494. The minimum atomic E-state index is -1.22. The molecule has 3 amide bonds. The summed E-state index contributed by atoms with van der Waals surface area (Å²) in [6, 6.07) is 19.7. The van der Waals surface area contributed by atoms with Gasteiger partial charge in [-0.25, -0.2) is 9.78 Å². The normalized spacial score (nSPS) is 18.5. The first-order chi connectivity index (χ1) is 15.1. The Morgan fingerprint density at radius 3 is 2.42 bits per heavy atom. The van der Waals surface area contributed by atoms with Gasteiger partial charge in [-0.05, 0) is 11.1 Å². The van der Waals surface area contributed by atoms with Crippen LogP contribution in [-0.2, 0) is 23.3 Å². The number of rotatable bonds is 5. The van der Waals surface area contributed by atoms with E-state index in [0.717, 1.165) is 10.5 Å². The summed E-state index contributed by atoms with van der Waals surface area (Å²) in [6.07, 6.45) is 1.96. The second-order valence-corrected chi connectivity index (χ2v) is 8.27. The molecule has 1 atom stereocenters. The van der Waals surface area contributed by atoms with Gasteiger partial charge in [-0.15, -0.1) is 11.3 Å². The lowest BCUT2D eigenvalue weighted by molar-refractivity contribution is -0.132. The van der Waals surface area contributed by atoms with Gasteiger partial charge in [-0.2, -0.15) is 0 Å². The van der Waals surface area contributed by atoms with E-state index in [4.69, 9.17) is 0 Å². The number of hydrogen-bond donors (Lipinski definition) is 1. The van der Waals surface area contributed by atoms with Crippen LogP contribution in [0.2, 0.25) is 0 Å². The molecule has 0 aliphatic carbocycles. The standard InChI is InChI=1S/C23H18N4O3S/c28-19-13-18(24-22-26(19)11-12-31-22)15-27-20(29)23(25-21(27)30,17-9-5-2-6-10-17)14-16-7-3-1-4-8-16/h1-13H,14-15H2,(H,25,30)/t23-/m1/s1. The van der Waals surface area contributed by atoms with Gasteiger partial charge in [-0.1, -0.05) is 60.7 Å². The number of carbonyl (C=O) groups is 2. The molecule has 0 unspecified atom stereocenters. The molecule has 2 aromatic carbocycles. The Morgan fingerprint density at radius 1 is 0.968 bits per heavy atom. The summed E-state index contributed by atoms with van der Waals surface area (Å²) in [5.74, 6) is -0.360. The SMILES string of the molecule is O=C1N[C@](Cc2ccccc2)(c2ccccc2)C(=O)N1Cc1cc(=O)n2ccsc2n1. The molecule has 1 aliphatic heterocycles. The van der Waals surface area contributed by atoms with E-state index in [-0.39, 0.29) is 18.0 Å². The number of aromatic nitrogens is 2. The lowest BCUT2D eigenvalue weighted by Gasteiger charge is -2.27. The summed E-state index contributed by atoms with van der Waals surface area (Å²) in [7, 11) is 0. The molecule has 1 aliphatic rings. The van der Waals surface area contributed by atoms with Crippen LogP contribution in [0.3, 0.4) is 0 Å². The summed E-state index contributed by atoms with van der Waals surface area (Å²) >= 11 is 1.32. The smallest absolute Gasteiger partial charge is 0.319 e. The number of thiazole rings is 1. The van der Waals surface area contributed by atoms with Crippen LogP contribution in [-0.4, -0.2) is 26.2 Å². The molecule has 3 heterocycles. The second kappa shape index (κ2) is 7.48. The van der Waals surface area contributed by atoms with Gasteiger partial charge < -0.3 is 5.32 Å². The lowest BCUT2D eigenvalue weighted by atomic mass is 9.83. The van der Waals surface area contributed by atoms with Gasteiger partial charge in [0.2, 0.25) is 0 Å². The maximum Gasteiger partial charge on any atom is 0.325 e. The van der Waals surface area contributed by atoms with E-state index in [9.17, 15) is 14.4 Å². The van der Waals surface area contributed by atoms with Crippen molar-refractivity contribution >= 4 is 28.2 Å². The Morgan fingerprint density at radius 2 is 1.68 bits per heavy atom. The van der Waals surface area contributed by atoms with E-state index in [2.05, 4.69) is 10.3 Å². The van der Waals surface area contributed by atoms with Crippen molar-refractivity contribution in [2.24, 2.45) is 0 Å². The Hall–Kier alpha value is -3.78. The first kappa shape index (κ1) is 19.2. The van der Waals surface area contributed by atoms with Gasteiger partial charge >= 0.3 is 6.03 Å². The van der Waals surface area contributed by atoms with Crippen molar-refractivity contribution in [3.05, 3.63) is 105 Å². The number of hydrogen-bond acceptors (Lipinski definition) is 5. The average molecular weight is 430 g/mol. The number of imide groups is 1. The van der Waals surface area contributed by atoms with Crippen molar-refractivity contribution in [3.63, 3.8) is 0 Å². The highest BCUT2D eigenvalue weighted by molar-refractivity contribution is 7.15. The molecular weight excluding hydrogens is 412 g/mol. The third-order valence-electron chi connectivity index (χ3n) is 5.43. The number of benzene rings is 2. The maximum atomic E-state index is 13.7. The summed E-state index contributed by atoms with van der Waals surface area (Å²) in [5.41, 5.74) is 0.549. The van der Waals surface area contributed by atoms with Crippen molar-refractivity contribution in [1.82, 2.24) is 19.6 Å². The number of urea groups is 1. The molecule has 4 aromatic rings. The van der Waals surface area contributed by atoms with E-state index in [0.29, 0.717) is 22.6 Å². The highest BCUT2D eigenvalue weighted by atomic mass is 32.1. The Bertz CT molecular complexity index is 1330. The van der Waals surface area contributed by atoms with Crippen molar-refractivity contribution in [2.45, 2.75) is 18.5 Å². The summed E-state index contributed by atoms with van der Waals surface area (Å²) in [5, 5.41) is 4.69. The lowest BCUT2D eigenvalue weighted by Crippen LogP contribution is -2.46. The van der Waals surface area contributed by atoms with E-state index >= 15 is 0 Å². The van der Waals surface area contributed by atoms with Crippen molar-refractivity contribution < 1.29 is 9.59 Å². The van der Waals surface area contributed by atoms with Gasteiger partial charge in [0.05, 0.1) is 12.2 Å². The zero-order valence-corrected chi connectivity index (χ0v) is 17.2. The van der Waals surface area contributed by atoms with Gasteiger partial charge in [0.15, 0.2) is 10.5 Å². The summed E-state index contributed by atoms with van der Waals surface area (Å²) in [4.78, 5) is 45.0. The van der Waals surface area contributed by atoms with Crippen LogP contribution >= 0.6 is 11.3 Å². The second-order valence-electron chi connectivity index (χ2n) is 7.40. The Kier molecular flexibility index (Phi) is 4.63. The van der Waals surface area contributed by atoms with Crippen LogP contribution in [0.15, 0.2) is 83.1 Å². The van der Waals surface area contributed by atoms with E-state index < -0.39 is 11.6 Å². The number of nitrogens with zero attached hydrogens (tertiary/aromatic N) is 3. The largest absolute Gasteiger partial charge is 0.325 e. The topological polar surface area (TPSA) is 83.8 Å². The molecule has 0 radical (unpaired) electrons. The fourth-order valence-corrected chi connectivity index (χ4v) is 4.68. The first-order valence-corrected chi connectivity index (χ1v) is 10.6. The number of fused-ring (bicyclic) bond motifs is 1. The van der Waals surface area contributed by atoms with Crippen LogP contribution in [0.25, 0.3) is 4.96 Å². The van der Waals surface area contributed by atoms with Crippen LogP contribution in [0.1, 0.15) is 16.8 Å². The third kappa shape index (κ3) is 3.30. The molecular formula is C23H18N4O3S. The highest BCUT2D eigenvalue weighted by Gasteiger charge is 2.52. The zero-order chi connectivity index (χ0) is 21.4. The van der Waals surface area contributed by atoms with E-state index in [1.165, 1.54) is 21.8 Å². The number of amides is 3. The molecule has 1 fully saturated rings. The molecule has 31 heavy (non-hydrogen) atoms. The minimum absolute atomic E-state index is 0.0717. The zero-order valence-electron chi connectivity index (χ0n) is 16.4. The van der Waals surface area contributed by atoms with Crippen LogP contribution in [0.5, 0.6) is 0 Å². The molecule has 0 spiro atoms. The highest BCUT2D eigenvalue weighted by Crippen LogP contribution is 2.33. The summed E-state index contributed by atoms with van der Waals surface area (Å²) in [6.45, 7) is -0.0717. The average Bonchev–Trinajstić information content (AvgIpc) is 3.35. The number of nitrogens with one attached hydrogen (secondary N) is 1. The van der Waals surface area contributed by atoms with Crippen LogP contribution in [0, 0.1) is 0 Å².